The molecule has 1 unspecified atom stereocenters. The van der Waals surface area contributed by atoms with Gasteiger partial charge in [-0.25, -0.2) is 14.6 Å². The average molecular weight is 569 g/mol. The summed E-state index contributed by atoms with van der Waals surface area (Å²) < 4.78 is 14.4. The first kappa shape index (κ1) is 26.3. The number of ether oxygens (including phenoxy) is 2. The van der Waals surface area contributed by atoms with Crippen molar-refractivity contribution in [3.63, 3.8) is 0 Å². The van der Waals surface area contributed by atoms with Gasteiger partial charge in [-0.15, -0.1) is 0 Å². The summed E-state index contributed by atoms with van der Waals surface area (Å²) in [5, 5.41) is 10.3. The minimum absolute atomic E-state index is 0.111. The Morgan fingerprint density at radius 2 is 1.85 bits per heavy atom. The van der Waals surface area contributed by atoms with Gasteiger partial charge in [0.05, 0.1) is 15.6 Å². The van der Waals surface area contributed by atoms with E-state index in [1.54, 1.807) is 12.4 Å². The lowest BCUT2D eigenvalue weighted by Crippen LogP contribution is -2.29. The Morgan fingerprint density at radius 1 is 1.03 bits per heavy atom. The van der Waals surface area contributed by atoms with Crippen molar-refractivity contribution >= 4 is 40.1 Å². The maximum absolute atomic E-state index is 6.38. The molecular formula is C28H31Cl2N7O2. The molecule has 0 spiro atoms. The monoisotopic (exact) mass is 567 g/mol. The van der Waals surface area contributed by atoms with Gasteiger partial charge in [0.2, 0.25) is 5.95 Å². The first-order chi connectivity index (χ1) is 19.1. The van der Waals surface area contributed by atoms with Crippen LogP contribution in [0.5, 0.6) is 5.75 Å². The predicted octanol–water partition coefficient (Wildman–Crippen LogP) is 5.83. The van der Waals surface area contributed by atoms with Crippen LogP contribution in [0.2, 0.25) is 10.0 Å². The molecule has 0 amide bonds. The number of halogens is 2. The molecule has 1 aromatic carbocycles. The number of hydrogen-bond donors (Lipinski definition) is 1. The number of pyridine rings is 1. The summed E-state index contributed by atoms with van der Waals surface area (Å²) in [5.41, 5.74) is 3.31. The summed E-state index contributed by atoms with van der Waals surface area (Å²) in [5.74, 6) is 1.42. The maximum Gasteiger partial charge on any atom is 0.225 e. The minimum atomic E-state index is -0.378. The highest BCUT2D eigenvalue weighted by Crippen LogP contribution is 2.37. The van der Waals surface area contributed by atoms with Crippen LogP contribution in [0, 0.1) is 0 Å². The number of benzene rings is 1. The fourth-order valence-electron chi connectivity index (χ4n) is 5.27. The third-order valence-corrected chi connectivity index (χ3v) is 7.85. The lowest BCUT2D eigenvalue weighted by Gasteiger charge is -2.23. The Balaban J connectivity index is 1.36. The van der Waals surface area contributed by atoms with Gasteiger partial charge in [0.15, 0.2) is 6.23 Å². The van der Waals surface area contributed by atoms with Gasteiger partial charge >= 0.3 is 0 Å². The molecule has 39 heavy (non-hydrogen) atoms. The van der Waals surface area contributed by atoms with E-state index in [1.165, 1.54) is 0 Å². The molecule has 9 nitrogen and oxygen atoms in total. The van der Waals surface area contributed by atoms with Gasteiger partial charge in [-0.2, -0.15) is 5.10 Å². The molecular weight excluding hydrogens is 537 g/mol. The molecule has 2 saturated heterocycles. The molecule has 0 bridgehead atoms. The Morgan fingerprint density at radius 3 is 2.62 bits per heavy atom. The smallest absolute Gasteiger partial charge is 0.225 e. The Labute approximate surface area is 237 Å². The van der Waals surface area contributed by atoms with Gasteiger partial charge in [-0.3, -0.25) is 4.98 Å². The molecule has 0 saturated carbocycles. The zero-order chi connectivity index (χ0) is 26.8. The topological polar surface area (TPSA) is 90.2 Å². The molecule has 5 heterocycles. The molecule has 2 atom stereocenters. The van der Waals surface area contributed by atoms with E-state index in [0.29, 0.717) is 21.4 Å². The Bertz CT molecular complexity index is 1410. The van der Waals surface area contributed by atoms with Crippen molar-refractivity contribution in [2.45, 2.75) is 44.9 Å². The van der Waals surface area contributed by atoms with Crippen molar-refractivity contribution in [3.05, 3.63) is 58.6 Å². The van der Waals surface area contributed by atoms with Crippen molar-refractivity contribution in [2.75, 3.05) is 37.7 Å². The number of rotatable bonds is 6. The molecule has 1 N–H and O–H groups in total. The van der Waals surface area contributed by atoms with Crippen LogP contribution in [0.4, 0.5) is 5.95 Å². The van der Waals surface area contributed by atoms with Gasteiger partial charge in [-0.1, -0.05) is 23.2 Å². The van der Waals surface area contributed by atoms with E-state index in [-0.39, 0.29) is 12.3 Å². The normalized spacial score (nSPS) is 19.2. The molecule has 6 rings (SSSR count). The van der Waals surface area contributed by atoms with Gasteiger partial charge < -0.3 is 19.7 Å². The van der Waals surface area contributed by atoms with Crippen molar-refractivity contribution in [3.8, 4) is 17.0 Å². The average Bonchev–Trinajstić information content (AvgIpc) is 3.11. The van der Waals surface area contributed by atoms with Crippen molar-refractivity contribution in [1.29, 1.82) is 0 Å². The van der Waals surface area contributed by atoms with Gasteiger partial charge in [0.1, 0.15) is 17.5 Å². The van der Waals surface area contributed by atoms with Crippen LogP contribution < -0.4 is 15.0 Å². The quantitative estimate of drug-likeness (QED) is 0.311. The molecule has 3 aromatic heterocycles. The van der Waals surface area contributed by atoms with Gasteiger partial charge in [0, 0.05) is 67.5 Å². The van der Waals surface area contributed by atoms with Gasteiger partial charge in [-0.05, 0) is 57.4 Å². The highest BCUT2D eigenvalue weighted by Gasteiger charge is 2.24. The highest BCUT2D eigenvalue weighted by atomic mass is 35.5. The fourth-order valence-corrected chi connectivity index (χ4v) is 5.94. The second-order valence-electron chi connectivity index (χ2n) is 9.93. The van der Waals surface area contributed by atoms with Crippen LogP contribution in [0.3, 0.4) is 0 Å². The van der Waals surface area contributed by atoms with Gasteiger partial charge in [0.25, 0.3) is 0 Å². The van der Waals surface area contributed by atoms with E-state index >= 15 is 0 Å². The molecule has 11 heteroatoms. The van der Waals surface area contributed by atoms with Crippen LogP contribution in [0.15, 0.2) is 43.0 Å². The van der Waals surface area contributed by atoms with Crippen LogP contribution in [-0.4, -0.2) is 57.5 Å². The van der Waals surface area contributed by atoms with Crippen molar-refractivity contribution in [1.82, 2.24) is 30.0 Å². The van der Waals surface area contributed by atoms with Crippen molar-refractivity contribution in [2.24, 2.45) is 0 Å². The predicted molar refractivity (Wildman–Crippen MR) is 153 cm³/mol. The summed E-state index contributed by atoms with van der Waals surface area (Å²) in [6, 6.07) is 5.98. The molecule has 2 fully saturated rings. The second-order valence-corrected chi connectivity index (χ2v) is 10.7. The summed E-state index contributed by atoms with van der Waals surface area (Å²) in [7, 11) is 0. The third-order valence-electron chi connectivity index (χ3n) is 7.25. The van der Waals surface area contributed by atoms with Crippen LogP contribution in [-0.2, 0) is 4.74 Å². The summed E-state index contributed by atoms with van der Waals surface area (Å²) >= 11 is 12.8. The number of nitrogens with one attached hydrogen (secondary N) is 1. The highest BCUT2D eigenvalue weighted by molar-refractivity contribution is 6.35. The summed E-state index contributed by atoms with van der Waals surface area (Å²) in [6.07, 6.45) is 10.5. The second kappa shape index (κ2) is 11.6. The number of aromatic nitrogens is 5. The fraction of sp³-hybridized carbons (Fsp3) is 0.429. The lowest BCUT2D eigenvalue weighted by molar-refractivity contribution is -0.0365. The minimum Gasteiger partial charge on any atom is -0.486 e. The largest absolute Gasteiger partial charge is 0.486 e. The standard InChI is InChI=1S/C28H31Cl2N7O2/c1-18(26-22(29)16-32-17-23(26)30)39-20-6-7-24-21(13-20)27(35-37(24)25-5-2-3-12-38-25)19-14-33-28(34-15-19)36-10-4-8-31-9-11-36/h6-7,13-18,25,31H,2-5,8-12H2,1H3/t18-,25?/m1/s1. The molecule has 2 aliphatic rings. The van der Waals surface area contributed by atoms with E-state index in [9.17, 15) is 0 Å². The maximum atomic E-state index is 6.38. The Hall–Kier alpha value is -2.98. The molecule has 0 aliphatic carbocycles. The zero-order valence-corrected chi connectivity index (χ0v) is 23.3. The molecule has 4 aromatic rings. The number of hydrogen-bond acceptors (Lipinski definition) is 8. The summed E-state index contributed by atoms with van der Waals surface area (Å²) in [4.78, 5) is 15.7. The van der Waals surface area contributed by atoms with Crippen LogP contribution >= 0.6 is 23.2 Å². The first-order valence-corrected chi connectivity index (χ1v) is 14.2. The lowest BCUT2D eigenvalue weighted by atomic mass is 10.1. The van der Waals surface area contributed by atoms with E-state index in [2.05, 4.69) is 15.2 Å². The third kappa shape index (κ3) is 5.54. The first-order valence-electron chi connectivity index (χ1n) is 13.5. The van der Waals surface area contributed by atoms with E-state index in [1.807, 2.05) is 42.2 Å². The Kier molecular flexibility index (Phi) is 7.83. The number of fused-ring (bicyclic) bond motifs is 1. The molecule has 204 valence electrons. The number of anilines is 1. The number of nitrogens with zero attached hydrogens (tertiary/aromatic N) is 6. The van der Waals surface area contributed by atoms with E-state index in [0.717, 1.165) is 86.6 Å². The van der Waals surface area contributed by atoms with Crippen LogP contribution in [0.1, 0.15) is 50.5 Å². The van der Waals surface area contributed by atoms with Crippen LogP contribution in [0.25, 0.3) is 22.2 Å². The molecule has 2 aliphatic heterocycles. The SMILES string of the molecule is C[C@@H](Oc1ccc2c(c1)c(-c1cnc(N3CCCNCC3)nc1)nn2C1CCCCO1)c1c(Cl)cncc1Cl. The van der Waals surface area contributed by atoms with Crippen molar-refractivity contribution < 1.29 is 9.47 Å². The van der Waals surface area contributed by atoms with E-state index in [4.69, 9.17) is 47.7 Å². The summed E-state index contributed by atoms with van der Waals surface area (Å²) in [6.45, 7) is 6.43. The zero-order valence-electron chi connectivity index (χ0n) is 21.8. The molecule has 0 radical (unpaired) electrons. The van der Waals surface area contributed by atoms with E-state index < -0.39 is 0 Å².